The Bertz CT molecular complexity index is 946. The molecule has 0 bridgehead atoms. The van der Waals surface area contributed by atoms with Crippen LogP contribution in [0, 0.1) is 16.7 Å². The van der Waals surface area contributed by atoms with Gasteiger partial charge in [-0.05, 0) is 25.3 Å². The third-order valence-electron chi connectivity index (χ3n) is 4.97. The second kappa shape index (κ2) is 7.15. The highest BCUT2D eigenvalue weighted by molar-refractivity contribution is 6.00. The number of aromatic nitrogens is 2. The van der Waals surface area contributed by atoms with E-state index in [1.54, 1.807) is 17.7 Å². The number of esters is 1. The molecule has 1 atom stereocenters. The van der Waals surface area contributed by atoms with Crippen LogP contribution in [-0.2, 0) is 20.8 Å². The zero-order chi connectivity index (χ0) is 20.6. The maximum Gasteiger partial charge on any atom is 0.358 e. The minimum atomic E-state index is -0.715. The molecule has 0 saturated carbocycles. The molecule has 1 aliphatic heterocycles. The van der Waals surface area contributed by atoms with Gasteiger partial charge in [0.05, 0.1) is 18.2 Å². The average molecular weight is 384 g/mol. The SMILES string of the molecule is CCOC(=O)c1cc([C@H]2C(C#N)=C(N)OC3=C2C(=O)CC(C)(C)C3)n(CC)n1. The number of hydrogen-bond acceptors (Lipinski definition) is 7. The van der Waals surface area contributed by atoms with Crippen LogP contribution in [0.3, 0.4) is 0 Å². The Morgan fingerprint density at radius 1 is 1.46 bits per heavy atom. The Kier molecular flexibility index (Phi) is 5.02. The molecule has 8 heteroatoms. The van der Waals surface area contributed by atoms with E-state index in [0.717, 1.165) is 0 Å². The van der Waals surface area contributed by atoms with Crippen LogP contribution in [0.25, 0.3) is 0 Å². The van der Waals surface area contributed by atoms with Gasteiger partial charge in [-0.25, -0.2) is 4.79 Å². The molecule has 3 rings (SSSR count). The Labute approximate surface area is 163 Å². The number of rotatable bonds is 4. The van der Waals surface area contributed by atoms with Crippen LogP contribution >= 0.6 is 0 Å². The van der Waals surface area contributed by atoms with Crippen LogP contribution in [0.5, 0.6) is 0 Å². The number of allylic oxidation sites excluding steroid dienone is 3. The first-order valence-electron chi connectivity index (χ1n) is 9.31. The topological polar surface area (TPSA) is 120 Å². The molecule has 0 amide bonds. The lowest BCUT2D eigenvalue weighted by Gasteiger charge is -2.37. The van der Waals surface area contributed by atoms with Gasteiger partial charge in [0.1, 0.15) is 17.4 Å². The third-order valence-corrected chi connectivity index (χ3v) is 4.97. The van der Waals surface area contributed by atoms with Crippen LogP contribution in [0.15, 0.2) is 28.9 Å². The molecular formula is C20H24N4O4. The number of carbonyl (C=O) groups is 2. The number of ketones is 1. The van der Waals surface area contributed by atoms with Crippen LogP contribution in [0.2, 0.25) is 0 Å². The molecule has 0 aromatic carbocycles. The van der Waals surface area contributed by atoms with Crippen LogP contribution in [0.1, 0.15) is 62.6 Å². The van der Waals surface area contributed by atoms with Gasteiger partial charge in [0.25, 0.3) is 0 Å². The quantitative estimate of drug-likeness (QED) is 0.792. The van der Waals surface area contributed by atoms with Gasteiger partial charge >= 0.3 is 5.97 Å². The number of hydrogen-bond donors (Lipinski definition) is 1. The van der Waals surface area contributed by atoms with Gasteiger partial charge < -0.3 is 15.2 Å². The number of nitriles is 1. The summed E-state index contributed by atoms with van der Waals surface area (Å²) in [6, 6.07) is 3.65. The zero-order valence-corrected chi connectivity index (χ0v) is 16.5. The normalized spacial score (nSPS) is 21.1. The predicted molar refractivity (Wildman–Crippen MR) is 99.6 cm³/mol. The van der Waals surface area contributed by atoms with E-state index in [1.807, 2.05) is 20.8 Å². The van der Waals surface area contributed by atoms with Gasteiger partial charge in [0, 0.05) is 25.0 Å². The molecule has 0 radical (unpaired) electrons. The highest BCUT2D eigenvalue weighted by Crippen LogP contribution is 2.47. The summed E-state index contributed by atoms with van der Waals surface area (Å²) in [5.74, 6) is -0.877. The summed E-state index contributed by atoms with van der Waals surface area (Å²) in [4.78, 5) is 25.2. The van der Waals surface area contributed by atoms with E-state index in [9.17, 15) is 14.9 Å². The van der Waals surface area contributed by atoms with E-state index < -0.39 is 11.9 Å². The maximum atomic E-state index is 13.0. The molecule has 0 spiro atoms. The number of nitrogens with two attached hydrogens (primary N) is 1. The van der Waals surface area contributed by atoms with Gasteiger partial charge in [0.15, 0.2) is 11.5 Å². The maximum absolute atomic E-state index is 13.0. The average Bonchev–Trinajstić information content (AvgIpc) is 3.03. The van der Waals surface area contributed by atoms with Crippen molar-refractivity contribution in [2.45, 2.75) is 53.0 Å². The predicted octanol–water partition coefficient (Wildman–Crippen LogP) is 2.53. The largest absolute Gasteiger partial charge is 0.461 e. The van der Waals surface area contributed by atoms with Gasteiger partial charge in [-0.3, -0.25) is 9.48 Å². The molecule has 0 saturated heterocycles. The van der Waals surface area contributed by atoms with Crippen molar-refractivity contribution in [2.75, 3.05) is 6.61 Å². The summed E-state index contributed by atoms with van der Waals surface area (Å²) in [6.07, 6.45) is 0.879. The summed E-state index contributed by atoms with van der Waals surface area (Å²) in [5, 5.41) is 14.0. The Hall–Kier alpha value is -3.08. The van der Waals surface area contributed by atoms with E-state index in [0.29, 0.717) is 36.4 Å². The van der Waals surface area contributed by atoms with Crippen LogP contribution < -0.4 is 5.73 Å². The second-order valence-electron chi connectivity index (χ2n) is 7.69. The van der Waals surface area contributed by atoms with E-state index >= 15 is 0 Å². The molecule has 28 heavy (non-hydrogen) atoms. The van der Waals surface area contributed by atoms with Gasteiger partial charge in [0.2, 0.25) is 5.88 Å². The highest BCUT2D eigenvalue weighted by atomic mass is 16.5. The van der Waals surface area contributed by atoms with Crippen LogP contribution in [-0.4, -0.2) is 28.1 Å². The lowest BCUT2D eigenvalue weighted by molar-refractivity contribution is -0.119. The molecule has 8 nitrogen and oxygen atoms in total. The molecule has 1 aromatic rings. The molecule has 2 N–H and O–H groups in total. The summed E-state index contributed by atoms with van der Waals surface area (Å²) >= 11 is 0. The summed E-state index contributed by atoms with van der Waals surface area (Å²) in [7, 11) is 0. The molecule has 2 heterocycles. The van der Waals surface area contributed by atoms with Crippen molar-refractivity contribution in [2.24, 2.45) is 11.1 Å². The monoisotopic (exact) mass is 384 g/mol. The molecule has 0 fully saturated rings. The minimum absolute atomic E-state index is 0.0155. The summed E-state index contributed by atoms with van der Waals surface area (Å²) in [5.41, 5.74) is 7.03. The third kappa shape index (κ3) is 3.28. The van der Waals surface area contributed by atoms with Crippen molar-refractivity contribution in [1.82, 2.24) is 9.78 Å². The van der Waals surface area contributed by atoms with Gasteiger partial charge in [-0.2, -0.15) is 10.4 Å². The molecule has 1 aliphatic carbocycles. The lowest BCUT2D eigenvalue weighted by Crippen LogP contribution is -2.34. The van der Waals surface area contributed by atoms with Crippen molar-refractivity contribution in [3.05, 3.63) is 40.2 Å². The van der Waals surface area contributed by atoms with E-state index in [-0.39, 0.29) is 35.0 Å². The first-order valence-corrected chi connectivity index (χ1v) is 9.31. The van der Waals surface area contributed by atoms with E-state index in [4.69, 9.17) is 15.2 Å². The van der Waals surface area contributed by atoms with Crippen molar-refractivity contribution in [3.8, 4) is 6.07 Å². The van der Waals surface area contributed by atoms with Gasteiger partial charge in [-0.15, -0.1) is 0 Å². The van der Waals surface area contributed by atoms with Crippen molar-refractivity contribution in [1.29, 1.82) is 5.26 Å². The minimum Gasteiger partial charge on any atom is -0.461 e. The summed E-state index contributed by atoms with van der Waals surface area (Å²) < 4.78 is 12.3. The number of ether oxygens (including phenoxy) is 2. The van der Waals surface area contributed by atoms with Crippen LogP contribution in [0.4, 0.5) is 0 Å². The molecule has 0 unspecified atom stereocenters. The fraction of sp³-hybridized carbons (Fsp3) is 0.500. The zero-order valence-electron chi connectivity index (χ0n) is 16.5. The fourth-order valence-electron chi connectivity index (χ4n) is 3.80. The number of carbonyl (C=O) groups excluding carboxylic acids is 2. The fourth-order valence-corrected chi connectivity index (χ4v) is 3.80. The molecule has 1 aromatic heterocycles. The lowest BCUT2D eigenvalue weighted by atomic mass is 9.71. The standard InChI is InChI=1S/C20H24N4O4/c1-5-24-13(7-12(23-24)19(26)27-6-2)16-11(10-21)18(22)28-15-9-20(3,4)8-14(25)17(15)16/h7,16H,5-6,8-9,22H2,1-4H3/t16-/m1/s1. The molecule has 2 aliphatic rings. The van der Waals surface area contributed by atoms with Crippen molar-refractivity contribution < 1.29 is 19.1 Å². The second-order valence-corrected chi connectivity index (χ2v) is 7.69. The molecular weight excluding hydrogens is 360 g/mol. The van der Waals surface area contributed by atoms with E-state index in [1.165, 1.54) is 0 Å². The number of nitrogens with zero attached hydrogens (tertiary/aromatic N) is 3. The number of Topliss-reactive ketones (excluding diaryl/α,β-unsaturated/α-hetero) is 1. The summed E-state index contributed by atoms with van der Waals surface area (Å²) in [6.45, 7) is 8.23. The van der Waals surface area contributed by atoms with Gasteiger partial charge in [-0.1, -0.05) is 13.8 Å². The smallest absolute Gasteiger partial charge is 0.358 e. The highest BCUT2D eigenvalue weighted by Gasteiger charge is 2.44. The van der Waals surface area contributed by atoms with Crippen molar-refractivity contribution in [3.63, 3.8) is 0 Å². The Morgan fingerprint density at radius 3 is 2.79 bits per heavy atom. The molecule has 148 valence electrons. The van der Waals surface area contributed by atoms with Crippen molar-refractivity contribution >= 4 is 11.8 Å². The van der Waals surface area contributed by atoms with E-state index in [2.05, 4.69) is 11.2 Å². The first-order chi connectivity index (χ1) is 13.2. The Morgan fingerprint density at radius 2 is 2.18 bits per heavy atom. The first kappa shape index (κ1) is 19.7. The number of aryl methyl sites for hydroxylation is 1. The Balaban J connectivity index is 2.18.